The maximum Gasteiger partial charge on any atom is 0.255 e. The number of fused-ring (bicyclic) bond motifs is 2. The molecule has 1 aliphatic carbocycles. The van der Waals surface area contributed by atoms with Crippen molar-refractivity contribution in [3.05, 3.63) is 34.9 Å². The first kappa shape index (κ1) is 18.8. The second-order valence-corrected chi connectivity index (χ2v) is 8.90. The van der Waals surface area contributed by atoms with E-state index in [1.807, 2.05) is 12.1 Å². The molecule has 0 bridgehead atoms. The number of carbonyl (C=O) groups excluding carboxylic acids is 3. The summed E-state index contributed by atoms with van der Waals surface area (Å²) in [4.78, 5) is 38.2. The first-order valence-electron chi connectivity index (χ1n) is 10.8. The van der Waals surface area contributed by atoms with Crippen LogP contribution < -0.4 is 16.0 Å². The molecule has 154 valence electrons. The van der Waals surface area contributed by atoms with Gasteiger partial charge in [-0.05, 0) is 62.3 Å². The molecule has 3 heterocycles. The number of imide groups is 1. The summed E-state index contributed by atoms with van der Waals surface area (Å²) < 4.78 is 0. The molecular weight excluding hydrogens is 368 g/mol. The third kappa shape index (κ3) is 3.26. The number of nitrogens with zero attached hydrogens (tertiary/aromatic N) is 1. The van der Waals surface area contributed by atoms with Crippen LogP contribution in [-0.4, -0.2) is 46.8 Å². The molecule has 5 rings (SSSR count). The van der Waals surface area contributed by atoms with Gasteiger partial charge in [0.15, 0.2) is 0 Å². The summed E-state index contributed by atoms with van der Waals surface area (Å²) in [6, 6.07) is 6.08. The number of carbonyl (C=O) groups is 3. The molecule has 2 saturated heterocycles. The van der Waals surface area contributed by atoms with Crippen molar-refractivity contribution in [3.8, 4) is 0 Å². The summed E-state index contributed by atoms with van der Waals surface area (Å²) in [7, 11) is 0. The Morgan fingerprint density at radius 1 is 1.14 bits per heavy atom. The standard InChI is InChI=1S/C22H28N4O3/c27-19-7-6-17(20(28)25-19)26-13-15-5-4-14(11-16(15)21(26)29)12-24-22-8-1-3-18(22)23-10-2-9-22/h4-5,11,17-18,23-24H,1-3,6-10,12-13H2,(H,25,27,28). The van der Waals surface area contributed by atoms with E-state index in [0.717, 1.165) is 24.2 Å². The molecular formula is C22H28N4O3. The van der Waals surface area contributed by atoms with Crippen molar-refractivity contribution in [1.29, 1.82) is 0 Å². The Labute approximate surface area is 170 Å². The second-order valence-electron chi connectivity index (χ2n) is 8.90. The highest BCUT2D eigenvalue weighted by molar-refractivity contribution is 6.05. The quantitative estimate of drug-likeness (QED) is 0.666. The monoisotopic (exact) mass is 396 g/mol. The zero-order chi connectivity index (χ0) is 20.0. The van der Waals surface area contributed by atoms with Crippen LogP contribution >= 0.6 is 0 Å². The molecule has 0 spiro atoms. The van der Waals surface area contributed by atoms with E-state index in [2.05, 4.69) is 22.0 Å². The largest absolute Gasteiger partial charge is 0.322 e. The van der Waals surface area contributed by atoms with Gasteiger partial charge in [-0.25, -0.2) is 0 Å². The molecule has 0 aromatic heterocycles. The number of benzene rings is 1. The number of hydrogen-bond acceptors (Lipinski definition) is 5. The van der Waals surface area contributed by atoms with Crippen LogP contribution in [0.25, 0.3) is 0 Å². The minimum absolute atomic E-state index is 0.104. The number of nitrogens with one attached hydrogen (secondary N) is 3. The van der Waals surface area contributed by atoms with Crippen molar-refractivity contribution in [2.24, 2.45) is 0 Å². The zero-order valence-corrected chi connectivity index (χ0v) is 16.6. The van der Waals surface area contributed by atoms with E-state index in [4.69, 9.17) is 0 Å². The van der Waals surface area contributed by atoms with E-state index < -0.39 is 6.04 Å². The molecule has 4 aliphatic rings. The molecule has 7 heteroatoms. The van der Waals surface area contributed by atoms with Gasteiger partial charge >= 0.3 is 0 Å². The fourth-order valence-corrected chi connectivity index (χ4v) is 5.64. The van der Waals surface area contributed by atoms with Crippen LogP contribution in [0.4, 0.5) is 0 Å². The normalized spacial score (nSPS) is 31.6. The minimum atomic E-state index is -0.555. The van der Waals surface area contributed by atoms with E-state index in [1.54, 1.807) is 4.90 Å². The first-order valence-corrected chi connectivity index (χ1v) is 10.8. The van der Waals surface area contributed by atoms with Gasteiger partial charge in [0.05, 0.1) is 0 Å². The molecule has 1 aromatic rings. The van der Waals surface area contributed by atoms with Crippen LogP contribution in [0.2, 0.25) is 0 Å². The van der Waals surface area contributed by atoms with Gasteiger partial charge in [0, 0.05) is 36.7 Å². The fourth-order valence-electron chi connectivity index (χ4n) is 5.64. The van der Waals surface area contributed by atoms with Gasteiger partial charge in [0.2, 0.25) is 11.8 Å². The molecule has 0 radical (unpaired) electrons. The van der Waals surface area contributed by atoms with Gasteiger partial charge in [-0.2, -0.15) is 0 Å². The molecule has 29 heavy (non-hydrogen) atoms. The van der Waals surface area contributed by atoms with Crippen LogP contribution in [-0.2, 0) is 22.7 Å². The lowest BCUT2D eigenvalue weighted by Crippen LogP contribution is -2.59. The predicted octanol–water partition coefficient (Wildman–Crippen LogP) is 1.21. The highest BCUT2D eigenvalue weighted by atomic mass is 16.2. The molecule has 3 fully saturated rings. The van der Waals surface area contributed by atoms with E-state index in [1.165, 1.54) is 32.1 Å². The molecule has 3 N–H and O–H groups in total. The van der Waals surface area contributed by atoms with Gasteiger partial charge in [0.1, 0.15) is 6.04 Å². The highest BCUT2D eigenvalue weighted by Gasteiger charge is 2.44. The molecule has 1 saturated carbocycles. The molecule has 3 atom stereocenters. The van der Waals surface area contributed by atoms with E-state index >= 15 is 0 Å². The van der Waals surface area contributed by atoms with Crippen molar-refractivity contribution in [2.45, 2.75) is 75.7 Å². The van der Waals surface area contributed by atoms with Crippen molar-refractivity contribution in [2.75, 3.05) is 6.54 Å². The molecule has 7 nitrogen and oxygen atoms in total. The molecule has 3 aliphatic heterocycles. The summed E-state index contributed by atoms with van der Waals surface area (Å²) in [6.07, 6.45) is 6.78. The summed E-state index contributed by atoms with van der Waals surface area (Å²) in [5, 5.41) is 9.84. The Morgan fingerprint density at radius 3 is 2.86 bits per heavy atom. The maximum absolute atomic E-state index is 13.0. The third-order valence-electron chi connectivity index (χ3n) is 7.21. The molecule has 1 aromatic carbocycles. The van der Waals surface area contributed by atoms with E-state index in [-0.39, 0.29) is 29.7 Å². The lowest BCUT2D eigenvalue weighted by atomic mass is 9.84. The minimum Gasteiger partial charge on any atom is -0.322 e. The van der Waals surface area contributed by atoms with Crippen LogP contribution in [0.3, 0.4) is 0 Å². The third-order valence-corrected chi connectivity index (χ3v) is 7.21. The lowest BCUT2D eigenvalue weighted by Gasteiger charge is -2.41. The lowest BCUT2D eigenvalue weighted by molar-refractivity contribution is -0.136. The van der Waals surface area contributed by atoms with E-state index in [0.29, 0.717) is 24.6 Å². The molecule has 3 unspecified atom stereocenters. The van der Waals surface area contributed by atoms with Crippen molar-refractivity contribution in [1.82, 2.24) is 20.9 Å². The van der Waals surface area contributed by atoms with Crippen LogP contribution in [0.15, 0.2) is 18.2 Å². The summed E-state index contributed by atoms with van der Waals surface area (Å²) in [6.45, 7) is 2.29. The Kier molecular flexibility index (Phi) is 4.67. The summed E-state index contributed by atoms with van der Waals surface area (Å²) >= 11 is 0. The van der Waals surface area contributed by atoms with E-state index in [9.17, 15) is 14.4 Å². The summed E-state index contributed by atoms with van der Waals surface area (Å²) in [5.41, 5.74) is 2.93. The zero-order valence-electron chi connectivity index (χ0n) is 16.6. The van der Waals surface area contributed by atoms with Crippen molar-refractivity contribution in [3.63, 3.8) is 0 Å². The van der Waals surface area contributed by atoms with Crippen LogP contribution in [0.1, 0.15) is 66.4 Å². The number of amides is 3. The van der Waals surface area contributed by atoms with Gasteiger partial charge in [-0.3, -0.25) is 19.7 Å². The number of hydrogen-bond donors (Lipinski definition) is 3. The van der Waals surface area contributed by atoms with Gasteiger partial charge in [0.25, 0.3) is 5.91 Å². The average Bonchev–Trinajstić information content (AvgIpc) is 3.28. The summed E-state index contributed by atoms with van der Waals surface area (Å²) in [5.74, 6) is -0.723. The maximum atomic E-state index is 13.0. The fraction of sp³-hybridized carbons (Fsp3) is 0.591. The Bertz CT molecular complexity index is 870. The van der Waals surface area contributed by atoms with Gasteiger partial charge in [-0.15, -0.1) is 0 Å². The van der Waals surface area contributed by atoms with Crippen molar-refractivity contribution < 1.29 is 14.4 Å². The first-order chi connectivity index (χ1) is 14.1. The smallest absolute Gasteiger partial charge is 0.255 e. The Hall–Kier alpha value is -2.25. The van der Waals surface area contributed by atoms with Gasteiger partial charge < -0.3 is 15.5 Å². The van der Waals surface area contributed by atoms with Gasteiger partial charge in [-0.1, -0.05) is 12.1 Å². The van der Waals surface area contributed by atoms with Crippen LogP contribution in [0.5, 0.6) is 0 Å². The second kappa shape index (κ2) is 7.22. The number of rotatable bonds is 4. The predicted molar refractivity (Wildman–Crippen MR) is 107 cm³/mol. The molecule has 3 amide bonds. The SMILES string of the molecule is O=C1CCC(N2Cc3ccc(CNC45CCCNC4CCC5)cc3C2=O)C(=O)N1. The topological polar surface area (TPSA) is 90.5 Å². The van der Waals surface area contributed by atoms with Crippen molar-refractivity contribution >= 4 is 17.7 Å². The Balaban J connectivity index is 1.29. The Morgan fingerprint density at radius 2 is 2.00 bits per heavy atom. The highest BCUT2D eigenvalue weighted by Crippen LogP contribution is 2.37. The average molecular weight is 396 g/mol. The van der Waals surface area contributed by atoms with Crippen LogP contribution in [0, 0.1) is 0 Å². The number of piperidine rings is 2.